The highest BCUT2D eigenvalue weighted by atomic mass is 32.1. The highest BCUT2D eigenvalue weighted by Gasteiger charge is 2.28. The number of para-hydroxylation sites is 1. The fourth-order valence-electron chi connectivity index (χ4n) is 2.67. The molecule has 0 atom stereocenters. The molecule has 0 fully saturated rings. The number of fused-ring (bicyclic) bond motifs is 2. The number of benzene rings is 1. The van der Waals surface area contributed by atoms with E-state index in [0.29, 0.717) is 33.3 Å². The summed E-state index contributed by atoms with van der Waals surface area (Å²) in [5.74, 6) is 0.465. The van der Waals surface area contributed by atoms with E-state index in [9.17, 15) is 10.1 Å². The van der Waals surface area contributed by atoms with Gasteiger partial charge in [0.05, 0.1) is 5.69 Å². The number of rotatable bonds is 1. The van der Waals surface area contributed by atoms with Gasteiger partial charge < -0.3 is 9.64 Å². The molecule has 0 aliphatic carbocycles. The Morgan fingerprint density at radius 1 is 1.43 bits per heavy atom. The number of amides is 1. The average molecular weight is 325 g/mol. The molecule has 0 radical (unpaired) electrons. The second-order valence-electron chi connectivity index (χ2n) is 5.13. The lowest BCUT2D eigenvalue weighted by molar-refractivity contribution is -0.120. The van der Waals surface area contributed by atoms with E-state index in [1.54, 1.807) is 22.5 Å². The Morgan fingerprint density at radius 3 is 3.04 bits per heavy atom. The zero-order valence-electron chi connectivity index (χ0n) is 12.4. The maximum Gasteiger partial charge on any atom is 0.264 e. The van der Waals surface area contributed by atoms with Gasteiger partial charge in [-0.25, -0.2) is 4.98 Å². The standard InChI is InChI=1S/C15H11N5O2S/c1-8-18-20-10(6-16)13(17-15(20)23-8)9-4-3-5-11-14(9)19(2)12(21)7-22-11/h3-5H,7H2,1-2H3. The molecule has 114 valence electrons. The zero-order valence-corrected chi connectivity index (χ0v) is 13.2. The Labute approximate surface area is 135 Å². The van der Waals surface area contributed by atoms with Gasteiger partial charge in [-0.3, -0.25) is 4.79 Å². The molecule has 4 rings (SSSR count). The zero-order chi connectivity index (χ0) is 16.1. The van der Waals surface area contributed by atoms with Gasteiger partial charge >= 0.3 is 0 Å². The maximum absolute atomic E-state index is 12.0. The first kappa shape index (κ1) is 13.7. The van der Waals surface area contributed by atoms with Gasteiger partial charge in [-0.1, -0.05) is 23.5 Å². The third-order valence-electron chi connectivity index (χ3n) is 3.73. The smallest absolute Gasteiger partial charge is 0.264 e. The predicted octanol–water partition coefficient (Wildman–Crippen LogP) is 1.99. The largest absolute Gasteiger partial charge is 0.482 e. The van der Waals surface area contributed by atoms with Crippen molar-refractivity contribution in [3.05, 3.63) is 28.9 Å². The molecule has 8 heteroatoms. The number of nitrogens with zero attached hydrogens (tertiary/aromatic N) is 5. The van der Waals surface area contributed by atoms with Crippen molar-refractivity contribution in [2.75, 3.05) is 18.6 Å². The summed E-state index contributed by atoms with van der Waals surface area (Å²) in [7, 11) is 1.69. The van der Waals surface area contributed by atoms with Crippen LogP contribution < -0.4 is 9.64 Å². The molecule has 0 spiro atoms. The summed E-state index contributed by atoms with van der Waals surface area (Å²) >= 11 is 1.41. The first-order valence-electron chi connectivity index (χ1n) is 6.89. The van der Waals surface area contributed by atoms with Crippen LogP contribution in [0.2, 0.25) is 0 Å². The minimum absolute atomic E-state index is 0.0110. The van der Waals surface area contributed by atoms with E-state index in [2.05, 4.69) is 16.2 Å². The molecule has 1 aliphatic rings. The lowest BCUT2D eigenvalue weighted by Crippen LogP contribution is -2.35. The summed E-state index contributed by atoms with van der Waals surface area (Å²) < 4.78 is 7.04. The minimum Gasteiger partial charge on any atom is -0.482 e. The lowest BCUT2D eigenvalue weighted by Gasteiger charge is -2.27. The molecular weight excluding hydrogens is 314 g/mol. The third kappa shape index (κ3) is 1.90. The van der Waals surface area contributed by atoms with E-state index in [1.807, 2.05) is 19.1 Å². The van der Waals surface area contributed by atoms with Crippen LogP contribution in [0.1, 0.15) is 10.7 Å². The number of ether oxygens (including phenoxy) is 1. The molecule has 3 aromatic rings. The quantitative estimate of drug-likeness (QED) is 0.683. The number of aryl methyl sites for hydroxylation is 1. The Hall–Kier alpha value is -2.92. The third-order valence-corrected chi connectivity index (χ3v) is 4.55. The molecule has 23 heavy (non-hydrogen) atoms. The van der Waals surface area contributed by atoms with Crippen LogP contribution in [0, 0.1) is 18.3 Å². The Bertz CT molecular complexity index is 997. The molecule has 3 heterocycles. The summed E-state index contributed by atoms with van der Waals surface area (Å²) in [5, 5.41) is 14.7. The van der Waals surface area contributed by atoms with Gasteiger partial charge in [0.25, 0.3) is 5.91 Å². The summed E-state index contributed by atoms with van der Waals surface area (Å²) in [6.07, 6.45) is 0. The van der Waals surface area contributed by atoms with Crippen LogP contribution in [-0.2, 0) is 4.79 Å². The van der Waals surface area contributed by atoms with Crippen LogP contribution in [0.5, 0.6) is 5.75 Å². The highest BCUT2D eigenvalue weighted by molar-refractivity contribution is 7.16. The normalized spacial score (nSPS) is 13.8. The van der Waals surface area contributed by atoms with E-state index in [-0.39, 0.29) is 12.5 Å². The Morgan fingerprint density at radius 2 is 2.26 bits per heavy atom. The number of nitriles is 1. The summed E-state index contributed by atoms with van der Waals surface area (Å²) in [4.78, 5) is 18.7. The molecule has 1 amide bonds. The van der Waals surface area contributed by atoms with Gasteiger partial charge in [-0.15, -0.1) is 0 Å². The van der Waals surface area contributed by atoms with Crippen molar-refractivity contribution in [3.8, 4) is 23.1 Å². The molecule has 1 aromatic carbocycles. The van der Waals surface area contributed by atoms with Gasteiger partial charge in [0.2, 0.25) is 4.96 Å². The summed E-state index contributed by atoms with van der Waals surface area (Å²) in [6.45, 7) is 1.88. The molecule has 0 saturated heterocycles. The van der Waals surface area contributed by atoms with E-state index in [1.165, 1.54) is 11.3 Å². The minimum atomic E-state index is -0.140. The number of carbonyl (C=O) groups is 1. The van der Waals surface area contributed by atoms with Crippen molar-refractivity contribution in [2.45, 2.75) is 6.92 Å². The van der Waals surface area contributed by atoms with Crippen molar-refractivity contribution < 1.29 is 9.53 Å². The van der Waals surface area contributed by atoms with Crippen molar-refractivity contribution in [1.82, 2.24) is 14.6 Å². The van der Waals surface area contributed by atoms with Gasteiger partial charge in [0.15, 0.2) is 12.3 Å². The van der Waals surface area contributed by atoms with Gasteiger partial charge in [-0.2, -0.15) is 14.9 Å². The number of carbonyl (C=O) groups excluding carboxylic acids is 1. The molecule has 2 aromatic heterocycles. The molecule has 1 aliphatic heterocycles. The van der Waals surface area contributed by atoms with Gasteiger partial charge in [-0.05, 0) is 13.0 Å². The molecular formula is C15H11N5O2S. The van der Waals surface area contributed by atoms with Gasteiger partial charge in [0, 0.05) is 12.6 Å². The van der Waals surface area contributed by atoms with Crippen molar-refractivity contribution in [3.63, 3.8) is 0 Å². The first-order valence-corrected chi connectivity index (χ1v) is 7.71. The van der Waals surface area contributed by atoms with Crippen LogP contribution in [0.25, 0.3) is 16.2 Å². The second kappa shape index (κ2) is 4.79. The number of aromatic nitrogens is 3. The SMILES string of the molecule is Cc1nn2c(C#N)c(-c3cccc4c3N(C)C(=O)CO4)nc2s1. The maximum atomic E-state index is 12.0. The summed E-state index contributed by atoms with van der Waals surface area (Å²) in [5.41, 5.74) is 2.17. The van der Waals surface area contributed by atoms with Crippen LogP contribution in [-0.4, -0.2) is 34.2 Å². The molecule has 0 saturated carbocycles. The monoisotopic (exact) mass is 325 g/mol. The lowest BCUT2D eigenvalue weighted by atomic mass is 10.1. The highest BCUT2D eigenvalue weighted by Crippen LogP contribution is 2.41. The molecule has 0 N–H and O–H groups in total. The van der Waals surface area contributed by atoms with E-state index < -0.39 is 0 Å². The number of hydrogen-bond donors (Lipinski definition) is 0. The van der Waals surface area contributed by atoms with Crippen molar-refractivity contribution >= 4 is 27.9 Å². The van der Waals surface area contributed by atoms with Gasteiger partial charge in [0.1, 0.15) is 22.5 Å². The van der Waals surface area contributed by atoms with Crippen LogP contribution in [0.15, 0.2) is 18.2 Å². The van der Waals surface area contributed by atoms with Crippen LogP contribution in [0.4, 0.5) is 5.69 Å². The van der Waals surface area contributed by atoms with Crippen molar-refractivity contribution in [1.29, 1.82) is 5.26 Å². The second-order valence-corrected chi connectivity index (χ2v) is 6.29. The fraction of sp³-hybridized carbons (Fsp3) is 0.200. The Kier molecular flexibility index (Phi) is 2.86. The average Bonchev–Trinajstić information content (AvgIpc) is 3.06. The van der Waals surface area contributed by atoms with E-state index in [0.717, 1.165) is 5.01 Å². The number of imidazole rings is 1. The molecule has 0 unspecified atom stereocenters. The fourth-order valence-corrected chi connectivity index (χ4v) is 3.41. The number of hydrogen-bond acceptors (Lipinski definition) is 6. The van der Waals surface area contributed by atoms with Crippen LogP contribution >= 0.6 is 11.3 Å². The van der Waals surface area contributed by atoms with E-state index >= 15 is 0 Å². The van der Waals surface area contributed by atoms with Crippen LogP contribution in [0.3, 0.4) is 0 Å². The summed E-state index contributed by atoms with van der Waals surface area (Å²) in [6, 6.07) is 7.62. The molecule has 0 bridgehead atoms. The molecule has 7 nitrogen and oxygen atoms in total. The Balaban J connectivity index is 2.01. The number of likely N-dealkylation sites (N-methyl/N-ethyl adjacent to an activating group) is 1. The number of anilines is 1. The first-order chi connectivity index (χ1) is 11.1. The van der Waals surface area contributed by atoms with E-state index in [4.69, 9.17) is 4.74 Å². The van der Waals surface area contributed by atoms with Crippen molar-refractivity contribution in [2.24, 2.45) is 0 Å². The topological polar surface area (TPSA) is 83.5 Å². The predicted molar refractivity (Wildman–Crippen MR) is 84.7 cm³/mol.